The minimum atomic E-state index is 0.160. The van der Waals surface area contributed by atoms with Gasteiger partial charge < -0.3 is 10.1 Å². The summed E-state index contributed by atoms with van der Waals surface area (Å²) in [6.45, 7) is 5.12. The number of carbonyl (C=O) groups is 1. The van der Waals surface area contributed by atoms with Crippen LogP contribution in [0.4, 0.5) is 0 Å². The molecule has 0 atom stereocenters. The molecule has 0 saturated carbocycles. The lowest BCUT2D eigenvalue weighted by Crippen LogP contribution is -2.36. The van der Waals surface area contributed by atoms with Gasteiger partial charge in [-0.25, -0.2) is 0 Å². The standard InChI is InChI=1S/C12H24N2O2/c1-13-12(15)6-4-2-3-5-7-14-8-10-16-11-9-14/h2-11H2,1H3,(H,13,15). The minimum Gasteiger partial charge on any atom is -0.379 e. The molecule has 0 radical (unpaired) electrons. The van der Waals surface area contributed by atoms with E-state index in [4.69, 9.17) is 4.74 Å². The highest BCUT2D eigenvalue weighted by atomic mass is 16.5. The molecule has 0 unspecified atom stereocenters. The fourth-order valence-corrected chi connectivity index (χ4v) is 1.92. The van der Waals surface area contributed by atoms with E-state index in [-0.39, 0.29) is 5.91 Å². The fourth-order valence-electron chi connectivity index (χ4n) is 1.92. The summed E-state index contributed by atoms with van der Waals surface area (Å²) in [6.07, 6.45) is 5.33. The molecule has 1 amide bonds. The Morgan fingerprint density at radius 1 is 1.19 bits per heavy atom. The topological polar surface area (TPSA) is 41.6 Å². The van der Waals surface area contributed by atoms with Gasteiger partial charge in [-0.15, -0.1) is 0 Å². The maximum absolute atomic E-state index is 11.0. The van der Waals surface area contributed by atoms with Gasteiger partial charge in [-0.1, -0.05) is 12.8 Å². The predicted molar refractivity (Wildman–Crippen MR) is 64.4 cm³/mol. The van der Waals surface area contributed by atoms with Crippen LogP contribution in [-0.4, -0.2) is 50.7 Å². The smallest absolute Gasteiger partial charge is 0.219 e. The van der Waals surface area contributed by atoms with E-state index >= 15 is 0 Å². The first-order valence-corrected chi connectivity index (χ1v) is 6.33. The van der Waals surface area contributed by atoms with Crippen LogP contribution in [-0.2, 0) is 9.53 Å². The van der Waals surface area contributed by atoms with E-state index in [9.17, 15) is 4.79 Å². The summed E-state index contributed by atoms with van der Waals surface area (Å²) in [7, 11) is 1.70. The highest BCUT2D eigenvalue weighted by Crippen LogP contribution is 2.05. The molecule has 1 rings (SSSR count). The van der Waals surface area contributed by atoms with Crippen molar-refractivity contribution < 1.29 is 9.53 Å². The van der Waals surface area contributed by atoms with Crippen molar-refractivity contribution in [3.8, 4) is 0 Å². The van der Waals surface area contributed by atoms with E-state index in [2.05, 4.69) is 10.2 Å². The lowest BCUT2D eigenvalue weighted by molar-refractivity contribution is -0.120. The summed E-state index contributed by atoms with van der Waals surface area (Å²) in [5, 5.41) is 2.65. The van der Waals surface area contributed by atoms with Crippen LogP contribution in [0.15, 0.2) is 0 Å². The quantitative estimate of drug-likeness (QED) is 0.661. The summed E-state index contributed by atoms with van der Waals surface area (Å²) in [5.74, 6) is 0.160. The van der Waals surface area contributed by atoms with E-state index in [0.717, 1.165) is 39.1 Å². The molecular formula is C12H24N2O2. The van der Waals surface area contributed by atoms with Crippen LogP contribution in [0, 0.1) is 0 Å². The van der Waals surface area contributed by atoms with Gasteiger partial charge in [0.05, 0.1) is 13.2 Å². The van der Waals surface area contributed by atoms with Gasteiger partial charge in [-0.3, -0.25) is 9.69 Å². The Morgan fingerprint density at radius 3 is 2.56 bits per heavy atom. The molecule has 0 aliphatic carbocycles. The lowest BCUT2D eigenvalue weighted by atomic mass is 10.1. The molecule has 1 N–H and O–H groups in total. The van der Waals surface area contributed by atoms with Crippen molar-refractivity contribution in [2.45, 2.75) is 32.1 Å². The van der Waals surface area contributed by atoms with Crippen LogP contribution in [0.25, 0.3) is 0 Å². The van der Waals surface area contributed by atoms with Gasteiger partial charge in [0.25, 0.3) is 0 Å². The van der Waals surface area contributed by atoms with Crippen LogP contribution < -0.4 is 5.32 Å². The Balaban J connectivity index is 1.85. The summed E-state index contributed by atoms with van der Waals surface area (Å²) in [6, 6.07) is 0. The molecule has 4 heteroatoms. The number of unbranched alkanes of at least 4 members (excludes halogenated alkanes) is 3. The van der Waals surface area contributed by atoms with Gasteiger partial charge in [-0.05, 0) is 19.4 Å². The van der Waals surface area contributed by atoms with Crippen molar-refractivity contribution in [3.63, 3.8) is 0 Å². The molecule has 0 spiro atoms. The van der Waals surface area contributed by atoms with E-state index in [0.29, 0.717) is 6.42 Å². The molecule has 0 bridgehead atoms. The van der Waals surface area contributed by atoms with Crippen molar-refractivity contribution in [1.82, 2.24) is 10.2 Å². The second-order valence-electron chi connectivity index (χ2n) is 4.29. The molecule has 1 heterocycles. The molecule has 16 heavy (non-hydrogen) atoms. The van der Waals surface area contributed by atoms with E-state index in [1.54, 1.807) is 7.05 Å². The number of carbonyl (C=O) groups excluding carboxylic acids is 1. The second kappa shape index (κ2) is 8.53. The molecule has 1 aliphatic rings. The number of nitrogens with zero attached hydrogens (tertiary/aromatic N) is 1. The Hall–Kier alpha value is -0.610. The summed E-state index contributed by atoms with van der Waals surface area (Å²) in [5.41, 5.74) is 0. The van der Waals surface area contributed by atoms with Gasteiger partial charge >= 0.3 is 0 Å². The molecular weight excluding hydrogens is 204 g/mol. The molecule has 4 nitrogen and oxygen atoms in total. The van der Waals surface area contributed by atoms with E-state index < -0.39 is 0 Å². The highest BCUT2D eigenvalue weighted by molar-refractivity contribution is 5.75. The predicted octanol–water partition coefficient (Wildman–Crippen LogP) is 1.02. The van der Waals surface area contributed by atoms with Gasteiger partial charge in [0.1, 0.15) is 0 Å². The third-order valence-electron chi connectivity index (χ3n) is 3.01. The summed E-state index contributed by atoms with van der Waals surface area (Å²) < 4.78 is 5.30. The minimum absolute atomic E-state index is 0.160. The average Bonchev–Trinajstić information content (AvgIpc) is 2.34. The molecule has 1 fully saturated rings. The molecule has 1 saturated heterocycles. The normalized spacial score (nSPS) is 17.3. The second-order valence-corrected chi connectivity index (χ2v) is 4.29. The van der Waals surface area contributed by atoms with Crippen molar-refractivity contribution in [2.24, 2.45) is 0 Å². The van der Waals surface area contributed by atoms with Gasteiger partial charge in [0.15, 0.2) is 0 Å². The third kappa shape index (κ3) is 6.08. The number of hydrogen-bond acceptors (Lipinski definition) is 3. The molecule has 0 aromatic heterocycles. The summed E-state index contributed by atoms with van der Waals surface area (Å²) in [4.78, 5) is 13.4. The first-order valence-electron chi connectivity index (χ1n) is 6.33. The van der Waals surface area contributed by atoms with Gasteiger partial charge in [0.2, 0.25) is 5.91 Å². The first kappa shape index (κ1) is 13.5. The zero-order valence-corrected chi connectivity index (χ0v) is 10.3. The Bertz CT molecular complexity index is 191. The van der Waals surface area contributed by atoms with E-state index in [1.165, 1.54) is 19.4 Å². The Labute approximate surface area is 98.3 Å². The lowest BCUT2D eigenvalue weighted by Gasteiger charge is -2.26. The first-order chi connectivity index (χ1) is 7.83. The highest BCUT2D eigenvalue weighted by Gasteiger charge is 2.08. The number of morpholine rings is 1. The molecule has 94 valence electrons. The number of hydrogen-bond donors (Lipinski definition) is 1. The molecule has 1 aliphatic heterocycles. The van der Waals surface area contributed by atoms with Crippen molar-refractivity contribution in [2.75, 3.05) is 39.9 Å². The summed E-state index contributed by atoms with van der Waals surface area (Å²) >= 11 is 0. The monoisotopic (exact) mass is 228 g/mol. The van der Waals surface area contributed by atoms with Crippen molar-refractivity contribution in [1.29, 1.82) is 0 Å². The maximum atomic E-state index is 11.0. The number of ether oxygens (including phenoxy) is 1. The molecule has 0 aromatic carbocycles. The number of rotatable bonds is 7. The van der Waals surface area contributed by atoms with Gasteiger partial charge in [0, 0.05) is 26.6 Å². The molecule has 0 aromatic rings. The van der Waals surface area contributed by atoms with Crippen LogP contribution in [0.5, 0.6) is 0 Å². The van der Waals surface area contributed by atoms with E-state index in [1.807, 2.05) is 0 Å². The fraction of sp³-hybridized carbons (Fsp3) is 0.917. The van der Waals surface area contributed by atoms with Gasteiger partial charge in [-0.2, -0.15) is 0 Å². The SMILES string of the molecule is CNC(=O)CCCCCCN1CCOCC1. The largest absolute Gasteiger partial charge is 0.379 e. The Kier molecular flexibility index (Phi) is 7.17. The zero-order chi connectivity index (χ0) is 11.6. The maximum Gasteiger partial charge on any atom is 0.219 e. The Morgan fingerprint density at radius 2 is 1.88 bits per heavy atom. The zero-order valence-electron chi connectivity index (χ0n) is 10.3. The van der Waals surface area contributed by atoms with Crippen molar-refractivity contribution >= 4 is 5.91 Å². The van der Waals surface area contributed by atoms with Crippen LogP contribution in [0.3, 0.4) is 0 Å². The average molecular weight is 228 g/mol. The van der Waals surface area contributed by atoms with Crippen LogP contribution >= 0.6 is 0 Å². The van der Waals surface area contributed by atoms with Crippen LogP contribution in [0.1, 0.15) is 32.1 Å². The number of amides is 1. The van der Waals surface area contributed by atoms with Crippen molar-refractivity contribution in [3.05, 3.63) is 0 Å². The number of nitrogens with one attached hydrogen (secondary N) is 1. The third-order valence-corrected chi connectivity index (χ3v) is 3.01. The van der Waals surface area contributed by atoms with Crippen LogP contribution in [0.2, 0.25) is 0 Å².